The number of allylic oxidation sites excluding steroid dienone is 2. The lowest BCUT2D eigenvalue weighted by Gasteiger charge is -2.18. The number of hydrogen-bond donors (Lipinski definition) is 1. The van der Waals surface area contributed by atoms with Crippen LogP contribution in [0.1, 0.15) is 24.8 Å². The largest absolute Gasteiger partial charge is 0.482 e. The Labute approximate surface area is 119 Å². The molecule has 0 saturated carbocycles. The summed E-state index contributed by atoms with van der Waals surface area (Å²) in [6.07, 6.45) is 7.58. The van der Waals surface area contributed by atoms with Gasteiger partial charge in [0.25, 0.3) is 5.91 Å². The van der Waals surface area contributed by atoms with Crippen LogP contribution in [0.2, 0.25) is 0 Å². The molecule has 1 amide bonds. The van der Waals surface area contributed by atoms with Gasteiger partial charge in [0.15, 0.2) is 6.61 Å². The average Bonchev–Trinajstić information content (AvgIpc) is 2.52. The lowest BCUT2D eigenvalue weighted by molar-refractivity contribution is -0.123. The van der Waals surface area contributed by atoms with Crippen LogP contribution in [-0.4, -0.2) is 19.1 Å². The van der Waals surface area contributed by atoms with Crippen LogP contribution in [0.15, 0.2) is 36.4 Å². The van der Waals surface area contributed by atoms with Gasteiger partial charge in [-0.05, 0) is 37.3 Å². The fourth-order valence-electron chi connectivity index (χ4n) is 2.18. The van der Waals surface area contributed by atoms with E-state index in [0.717, 1.165) is 19.3 Å². The van der Waals surface area contributed by atoms with Crippen LogP contribution in [-0.2, 0) is 4.79 Å². The van der Waals surface area contributed by atoms with Gasteiger partial charge in [0, 0.05) is 6.54 Å². The van der Waals surface area contributed by atoms with Crippen LogP contribution in [0.25, 0.3) is 0 Å². The molecule has 1 aliphatic rings. The van der Waals surface area contributed by atoms with Gasteiger partial charge in [-0.15, -0.1) is 0 Å². The number of nitriles is 1. The number of carbonyl (C=O) groups is 1. The first-order chi connectivity index (χ1) is 9.79. The van der Waals surface area contributed by atoms with E-state index in [1.54, 1.807) is 24.3 Å². The van der Waals surface area contributed by atoms with Crippen molar-refractivity contribution in [2.24, 2.45) is 5.92 Å². The number of rotatable bonds is 5. The summed E-state index contributed by atoms with van der Waals surface area (Å²) in [6, 6.07) is 8.95. The maximum atomic E-state index is 11.7. The zero-order valence-electron chi connectivity index (χ0n) is 11.3. The SMILES string of the molecule is N#Cc1ccccc1OCC(=O)NCC1CC=CCC1. The third-order valence-corrected chi connectivity index (χ3v) is 3.33. The van der Waals surface area contributed by atoms with E-state index in [0.29, 0.717) is 23.8 Å². The lowest BCUT2D eigenvalue weighted by atomic mass is 9.94. The number of benzene rings is 1. The molecule has 1 atom stereocenters. The van der Waals surface area contributed by atoms with E-state index >= 15 is 0 Å². The first kappa shape index (κ1) is 14.1. The predicted octanol–water partition coefficient (Wildman–Crippen LogP) is 2.41. The molecule has 0 heterocycles. The molecule has 0 bridgehead atoms. The maximum Gasteiger partial charge on any atom is 0.257 e. The van der Waals surface area contributed by atoms with Gasteiger partial charge < -0.3 is 10.1 Å². The predicted molar refractivity (Wildman–Crippen MR) is 76.1 cm³/mol. The number of ether oxygens (including phenoxy) is 1. The first-order valence-corrected chi connectivity index (χ1v) is 6.83. The third kappa shape index (κ3) is 4.13. The van der Waals surface area contributed by atoms with Crippen molar-refractivity contribution in [1.29, 1.82) is 5.26 Å². The summed E-state index contributed by atoms with van der Waals surface area (Å²) in [5, 5.41) is 11.8. The molecule has 0 spiro atoms. The highest BCUT2D eigenvalue weighted by atomic mass is 16.5. The van der Waals surface area contributed by atoms with Crippen LogP contribution in [0.3, 0.4) is 0 Å². The van der Waals surface area contributed by atoms with E-state index in [4.69, 9.17) is 10.00 Å². The second-order valence-electron chi connectivity index (χ2n) is 4.85. The summed E-state index contributed by atoms with van der Waals surface area (Å²) in [7, 11) is 0. The van der Waals surface area contributed by atoms with Crippen molar-refractivity contribution in [3.63, 3.8) is 0 Å². The molecule has 1 aliphatic carbocycles. The summed E-state index contributed by atoms with van der Waals surface area (Å²) < 4.78 is 5.38. The number of amides is 1. The minimum absolute atomic E-state index is 0.0543. The maximum absolute atomic E-state index is 11.7. The van der Waals surface area contributed by atoms with Gasteiger partial charge in [0.1, 0.15) is 11.8 Å². The van der Waals surface area contributed by atoms with Gasteiger partial charge in [-0.25, -0.2) is 0 Å². The van der Waals surface area contributed by atoms with Gasteiger partial charge in [-0.2, -0.15) is 5.26 Å². The molecule has 1 N–H and O–H groups in total. The fraction of sp³-hybridized carbons (Fsp3) is 0.375. The Kier molecular flexibility index (Phi) is 5.19. The minimum Gasteiger partial charge on any atom is -0.482 e. The zero-order chi connectivity index (χ0) is 14.2. The van der Waals surface area contributed by atoms with E-state index < -0.39 is 0 Å². The quantitative estimate of drug-likeness (QED) is 0.836. The summed E-state index contributed by atoms with van der Waals surface area (Å²) in [5.41, 5.74) is 0.442. The molecule has 0 fully saturated rings. The third-order valence-electron chi connectivity index (χ3n) is 3.33. The highest BCUT2D eigenvalue weighted by Gasteiger charge is 2.12. The Hall–Kier alpha value is -2.28. The number of para-hydroxylation sites is 1. The molecular weight excluding hydrogens is 252 g/mol. The highest BCUT2D eigenvalue weighted by molar-refractivity contribution is 5.77. The van der Waals surface area contributed by atoms with E-state index in [-0.39, 0.29) is 12.5 Å². The fourth-order valence-corrected chi connectivity index (χ4v) is 2.18. The van der Waals surface area contributed by atoms with Crippen molar-refractivity contribution < 1.29 is 9.53 Å². The number of hydrogen-bond acceptors (Lipinski definition) is 3. The van der Waals surface area contributed by atoms with Gasteiger partial charge in [-0.1, -0.05) is 24.3 Å². The minimum atomic E-state index is -0.146. The number of nitrogens with one attached hydrogen (secondary N) is 1. The molecule has 1 unspecified atom stereocenters. The normalized spacial score (nSPS) is 17.2. The Balaban J connectivity index is 1.75. The summed E-state index contributed by atoms with van der Waals surface area (Å²) in [6.45, 7) is 0.633. The highest BCUT2D eigenvalue weighted by Crippen LogP contribution is 2.17. The monoisotopic (exact) mass is 270 g/mol. The molecule has 104 valence electrons. The van der Waals surface area contributed by atoms with Crippen molar-refractivity contribution in [2.75, 3.05) is 13.2 Å². The molecular formula is C16H18N2O2. The lowest BCUT2D eigenvalue weighted by Crippen LogP contribution is -2.33. The standard InChI is InChI=1S/C16H18N2O2/c17-10-14-8-4-5-9-15(14)20-12-16(19)18-11-13-6-2-1-3-7-13/h1-2,4-5,8-9,13H,3,6-7,11-12H2,(H,18,19). The second-order valence-corrected chi connectivity index (χ2v) is 4.85. The molecule has 0 aromatic heterocycles. The van der Waals surface area contributed by atoms with E-state index in [1.165, 1.54) is 0 Å². The molecule has 4 nitrogen and oxygen atoms in total. The molecule has 4 heteroatoms. The van der Waals surface area contributed by atoms with Gasteiger partial charge in [0.2, 0.25) is 0 Å². The molecule has 0 radical (unpaired) electrons. The molecule has 0 saturated heterocycles. The molecule has 0 aliphatic heterocycles. The topological polar surface area (TPSA) is 62.1 Å². The smallest absolute Gasteiger partial charge is 0.257 e. The molecule has 20 heavy (non-hydrogen) atoms. The summed E-state index contributed by atoms with van der Waals surface area (Å²) in [4.78, 5) is 11.7. The van der Waals surface area contributed by atoms with Gasteiger partial charge in [0.05, 0.1) is 5.56 Å². The number of carbonyl (C=O) groups excluding carboxylic acids is 1. The van der Waals surface area contributed by atoms with E-state index in [2.05, 4.69) is 17.5 Å². The summed E-state index contributed by atoms with van der Waals surface area (Å²) >= 11 is 0. The van der Waals surface area contributed by atoms with Crippen molar-refractivity contribution in [2.45, 2.75) is 19.3 Å². The van der Waals surface area contributed by atoms with Crippen LogP contribution >= 0.6 is 0 Å². The molecule has 1 aromatic rings. The van der Waals surface area contributed by atoms with Crippen molar-refractivity contribution in [3.05, 3.63) is 42.0 Å². The van der Waals surface area contributed by atoms with Crippen LogP contribution < -0.4 is 10.1 Å². The Morgan fingerprint density at radius 2 is 2.25 bits per heavy atom. The van der Waals surface area contributed by atoms with Crippen LogP contribution in [0, 0.1) is 17.2 Å². The van der Waals surface area contributed by atoms with Gasteiger partial charge in [-0.3, -0.25) is 4.79 Å². The van der Waals surface area contributed by atoms with Crippen molar-refractivity contribution in [3.8, 4) is 11.8 Å². The van der Waals surface area contributed by atoms with Crippen LogP contribution in [0.5, 0.6) is 5.75 Å². The molecule has 1 aromatic carbocycles. The van der Waals surface area contributed by atoms with Crippen molar-refractivity contribution >= 4 is 5.91 Å². The first-order valence-electron chi connectivity index (χ1n) is 6.83. The van der Waals surface area contributed by atoms with E-state index in [1.807, 2.05) is 6.07 Å². The molecule has 2 rings (SSSR count). The Bertz CT molecular complexity index is 532. The Morgan fingerprint density at radius 1 is 1.40 bits per heavy atom. The summed E-state index contributed by atoms with van der Waals surface area (Å²) in [5.74, 6) is 0.827. The second kappa shape index (κ2) is 7.34. The zero-order valence-corrected chi connectivity index (χ0v) is 11.3. The number of nitrogens with zero attached hydrogens (tertiary/aromatic N) is 1. The van der Waals surface area contributed by atoms with Crippen molar-refractivity contribution in [1.82, 2.24) is 5.32 Å². The van der Waals surface area contributed by atoms with Crippen LogP contribution in [0.4, 0.5) is 0 Å². The van der Waals surface area contributed by atoms with Gasteiger partial charge >= 0.3 is 0 Å². The average molecular weight is 270 g/mol. The Morgan fingerprint density at radius 3 is 3.00 bits per heavy atom. The van der Waals surface area contributed by atoms with E-state index in [9.17, 15) is 4.79 Å².